The van der Waals surface area contributed by atoms with Crippen molar-refractivity contribution >= 4 is 89.8 Å². The van der Waals surface area contributed by atoms with Crippen molar-refractivity contribution in [1.82, 2.24) is 9.13 Å². The summed E-state index contributed by atoms with van der Waals surface area (Å²) in [5.74, 6) is 0. The van der Waals surface area contributed by atoms with E-state index < -0.39 is 0 Å². The Balaban J connectivity index is 1.08. The second-order valence-electron chi connectivity index (χ2n) is 19.8. The highest BCUT2D eigenvalue weighted by Gasteiger charge is 2.47. The summed E-state index contributed by atoms with van der Waals surface area (Å²) in [6.07, 6.45) is 0. The molecule has 0 spiro atoms. The summed E-state index contributed by atoms with van der Waals surface area (Å²) < 4.78 is 5.37. The van der Waals surface area contributed by atoms with E-state index in [2.05, 4.69) is 240 Å². The number of fused-ring (bicyclic) bond motifs is 18. The molecule has 0 amide bonds. The van der Waals surface area contributed by atoms with Crippen molar-refractivity contribution in [3.8, 4) is 78.1 Å². The third-order valence-corrected chi connectivity index (χ3v) is 16.5. The lowest BCUT2D eigenvalue weighted by atomic mass is 9.34. The molecule has 0 bridgehead atoms. The maximum atomic E-state index is 2.68. The van der Waals surface area contributed by atoms with Crippen LogP contribution in [-0.4, -0.2) is 22.6 Å². The Bertz CT molecular complexity index is 4170. The Morgan fingerprint density at radius 3 is 1.01 bits per heavy atom. The van der Waals surface area contributed by atoms with Crippen LogP contribution >= 0.6 is 0 Å². The van der Waals surface area contributed by atoms with Crippen molar-refractivity contribution in [3.63, 3.8) is 0 Å². The van der Waals surface area contributed by atoms with Gasteiger partial charge in [-0.1, -0.05) is 211 Å². The normalized spacial score (nSPS) is 13.1. The summed E-state index contributed by atoms with van der Waals surface area (Å²) in [5.41, 5.74) is 31.4. The van der Waals surface area contributed by atoms with Crippen molar-refractivity contribution in [3.05, 3.63) is 231 Å². The topological polar surface area (TPSA) is 9.86 Å². The van der Waals surface area contributed by atoms with Crippen LogP contribution in [0.15, 0.2) is 231 Å². The average Bonchev–Trinajstić information content (AvgIpc) is 4.18. The number of aromatic nitrogens is 2. The lowest BCUT2D eigenvalue weighted by Crippen LogP contribution is -2.58. The van der Waals surface area contributed by atoms with E-state index in [9.17, 15) is 0 Å². The van der Waals surface area contributed by atoms with E-state index in [0.717, 1.165) is 0 Å². The minimum absolute atomic E-state index is 0.0693. The Hall–Kier alpha value is -8.85. The van der Waals surface area contributed by atoms with E-state index in [1.165, 1.54) is 155 Å². The number of nitrogens with zero attached hydrogens (tertiary/aromatic N) is 2. The van der Waals surface area contributed by atoms with Gasteiger partial charge < -0.3 is 9.13 Å². The maximum Gasteiger partial charge on any atom is 0.248 e. The second kappa shape index (κ2) is 13.4. The van der Waals surface area contributed by atoms with Gasteiger partial charge in [0.05, 0.1) is 22.1 Å². The first-order chi connectivity index (χ1) is 34.8. The highest BCUT2D eigenvalue weighted by molar-refractivity contribution is 7.04. The lowest BCUT2D eigenvalue weighted by molar-refractivity contribution is 1.15. The number of hydrogen-bond donors (Lipinski definition) is 0. The summed E-state index contributed by atoms with van der Waals surface area (Å²) in [5, 5.41) is 5.27. The summed E-state index contributed by atoms with van der Waals surface area (Å²) in [6, 6.07) is 87.1. The third kappa shape index (κ3) is 4.57. The molecule has 4 aliphatic heterocycles. The molecule has 0 aliphatic carbocycles. The van der Waals surface area contributed by atoms with Crippen molar-refractivity contribution in [2.75, 3.05) is 0 Å². The molecule has 0 unspecified atom stereocenters. The predicted molar refractivity (Wildman–Crippen MR) is 297 cm³/mol. The molecule has 11 aromatic carbocycles. The first-order valence-electron chi connectivity index (χ1n) is 24.7. The number of hydrogen-bond acceptors (Lipinski definition) is 0. The molecule has 0 fully saturated rings. The van der Waals surface area contributed by atoms with E-state index in [-0.39, 0.29) is 13.4 Å². The summed E-state index contributed by atoms with van der Waals surface area (Å²) in [7, 11) is 0. The minimum Gasteiger partial charge on any atom is -0.310 e. The Morgan fingerprint density at radius 1 is 0.243 bits per heavy atom. The highest BCUT2D eigenvalue weighted by Crippen LogP contribution is 2.49. The molecule has 0 saturated carbocycles. The molecular formula is C66H38B2N2. The molecule has 0 radical (unpaired) electrons. The molecule has 318 valence electrons. The van der Waals surface area contributed by atoms with Crippen molar-refractivity contribution in [2.45, 2.75) is 0 Å². The quantitative estimate of drug-likeness (QED) is 0.156. The molecule has 70 heavy (non-hydrogen) atoms. The van der Waals surface area contributed by atoms with Crippen LogP contribution in [0.3, 0.4) is 0 Å². The standard InChI is InChI=1S/C66H38B2N2/c1-5-19-39(20-6-1)43-29-17-33-55-59(43)61-47(41-23-9-3-10-24-41)35-49-45-27-13-15-31-51(45)67-53-37-54-58(38-57(53)69(55)65(61)63(49)67)70-56-34-18-30-44(40-21-7-2-8-22-40)60(56)62-48(42-25-11-4-12-26-42)36-50-46-28-14-16-32-52(46)68(54)64(50)66(62)70/h1-38H. The molecule has 2 aromatic heterocycles. The average molecular weight is 881 g/mol. The van der Waals surface area contributed by atoms with E-state index in [1.54, 1.807) is 0 Å². The minimum atomic E-state index is 0.0693. The highest BCUT2D eigenvalue weighted by atomic mass is 15.0. The molecule has 4 heteroatoms. The van der Waals surface area contributed by atoms with E-state index in [4.69, 9.17) is 0 Å². The van der Waals surface area contributed by atoms with Crippen LogP contribution in [-0.2, 0) is 0 Å². The van der Waals surface area contributed by atoms with Crippen LogP contribution in [0.4, 0.5) is 0 Å². The monoisotopic (exact) mass is 880 g/mol. The molecule has 6 heterocycles. The van der Waals surface area contributed by atoms with Crippen molar-refractivity contribution in [1.29, 1.82) is 0 Å². The van der Waals surface area contributed by atoms with Gasteiger partial charge in [0.15, 0.2) is 0 Å². The smallest absolute Gasteiger partial charge is 0.248 e. The zero-order valence-corrected chi connectivity index (χ0v) is 38.0. The fraction of sp³-hybridized carbons (Fsp3) is 0. The van der Waals surface area contributed by atoms with Crippen LogP contribution in [0.25, 0.3) is 122 Å². The van der Waals surface area contributed by atoms with E-state index in [1.807, 2.05) is 0 Å². The van der Waals surface area contributed by atoms with Gasteiger partial charge in [-0.25, -0.2) is 0 Å². The number of benzene rings is 11. The zero-order valence-electron chi connectivity index (χ0n) is 38.0. The summed E-state index contributed by atoms with van der Waals surface area (Å²) in [6.45, 7) is 0.139. The van der Waals surface area contributed by atoms with E-state index in [0.29, 0.717) is 0 Å². The Morgan fingerprint density at radius 2 is 0.600 bits per heavy atom. The molecule has 0 N–H and O–H groups in total. The fourth-order valence-corrected chi connectivity index (χ4v) is 13.9. The van der Waals surface area contributed by atoms with Crippen molar-refractivity contribution in [2.24, 2.45) is 0 Å². The van der Waals surface area contributed by atoms with Gasteiger partial charge in [-0.15, -0.1) is 0 Å². The fourth-order valence-electron chi connectivity index (χ4n) is 13.9. The second-order valence-corrected chi connectivity index (χ2v) is 19.8. The lowest BCUT2D eigenvalue weighted by Gasteiger charge is -2.31. The van der Waals surface area contributed by atoms with Crippen LogP contribution in [0.5, 0.6) is 0 Å². The predicted octanol–water partition coefficient (Wildman–Crippen LogP) is 12.2. The SMILES string of the molecule is c1ccc(-c2cccc3c2c2c(-c4ccccc4)cc4c5c2n3-c2cc3c(cc2B5c2ccccc2-4)B2c4ccccc4-c4cc(-c5ccccc5)c5c6c(-c7ccccc7)cccc6n-3c5c42)cc1. The maximum absolute atomic E-state index is 2.68. The van der Waals surface area contributed by atoms with E-state index >= 15 is 0 Å². The van der Waals surface area contributed by atoms with Crippen molar-refractivity contribution < 1.29 is 0 Å². The van der Waals surface area contributed by atoms with Crippen LogP contribution in [0, 0.1) is 0 Å². The van der Waals surface area contributed by atoms with Gasteiger partial charge >= 0.3 is 0 Å². The van der Waals surface area contributed by atoms with Gasteiger partial charge in [0.2, 0.25) is 13.4 Å². The molecular weight excluding hydrogens is 842 g/mol. The molecule has 13 aromatic rings. The summed E-state index contributed by atoms with van der Waals surface area (Å²) >= 11 is 0. The van der Waals surface area contributed by atoms with Gasteiger partial charge in [0, 0.05) is 32.9 Å². The first-order valence-corrected chi connectivity index (χ1v) is 24.7. The van der Waals surface area contributed by atoms with Gasteiger partial charge in [0.25, 0.3) is 0 Å². The van der Waals surface area contributed by atoms with Gasteiger partial charge in [0.1, 0.15) is 0 Å². The van der Waals surface area contributed by atoms with Crippen LogP contribution in [0.2, 0.25) is 0 Å². The first kappa shape index (κ1) is 37.2. The molecule has 0 saturated heterocycles. The largest absolute Gasteiger partial charge is 0.310 e. The van der Waals surface area contributed by atoms with Crippen LogP contribution < -0.4 is 32.8 Å². The van der Waals surface area contributed by atoms with Gasteiger partial charge in [-0.3, -0.25) is 0 Å². The zero-order chi connectivity index (χ0) is 45.3. The third-order valence-electron chi connectivity index (χ3n) is 16.5. The van der Waals surface area contributed by atoms with Gasteiger partial charge in [-0.05, 0) is 119 Å². The summed E-state index contributed by atoms with van der Waals surface area (Å²) in [4.78, 5) is 0. The number of rotatable bonds is 4. The van der Waals surface area contributed by atoms with Gasteiger partial charge in [-0.2, -0.15) is 0 Å². The molecule has 0 atom stereocenters. The molecule has 2 nitrogen and oxygen atoms in total. The Labute approximate surface area is 405 Å². The van der Waals surface area contributed by atoms with Crippen LogP contribution in [0.1, 0.15) is 0 Å². The molecule has 17 rings (SSSR count). The Kier molecular flexibility index (Phi) is 7.13. The molecule has 4 aliphatic rings.